The molecule has 1 fully saturated rings. The second-order valence-corrected chi connectivity index (χ2v) is 11.3. The Morgan fingerprint density at radius 2 is 1.70 bits per heavy atom. The molecule has 0 aromatic heterocycles. The third-order valence-electron chi connectivity index (χ3n) is 8.32. The first-order valence-corrected chi connectivity index (χ1v) is 13.6. The molecule has 1 saturated carbocycles. The number of benzene rings is 2. The number of alkyl halides is 3. The summed E-state index contributed by atoms with van der Waals surface area (Å²) in [6.07, 6.45) is -5.45. The van der Waals surface area contributed by atoms with Crippen LogP contribution in [0.5, 0.6) is 11.5 Å². The first-order valence-electron chi connectivity index (χ1n) is 13.6. The van der Waals surface area contributed by atoms with Crippen molar-refractivity contribution in [3.05, 3.63) is 58.4 Å². The number of aromatic hydroxyl groups is 1. The lowest BCUT2D eigenvalue weighted by Crippen LogP contribution is -2.58. The third-order valence-corrected chi connectivity index (χ3v) is 8.32. The van der Waals surface area contributed by atoms with Crippen molar-refractivity contribution in [3.63, 3.8) is 0 Å². The van der Waals surface area contributed by atoms with Crippen molar-refractivity contribution in [3.8, 4) is 11.5 Å². The number of carbonyl (C=O) groups is 4. The number of aliphatic hydroxyl groups is 3. The zero-order valence-corrected chi connectivity index (χ0v) is 24.2. The van der Waals surface area contributed by atoms with E-state index >= 15 is 0 Å². The molecule has 2 aromatic rings. The molecule has 17 heteroatoms. The highest BCUT2D eigenvalue weighted by atomic mass is 19.4. The molecule has 14 nitrogen and oxygen atoms in total. The largest absolute Gasteiger partial charge is 0.573 e. The zero-order chi connectivity index (χ0) is 34.0. The number of ketones is 2. The van der Waals surface area contributed by atoms with Gasteiger partial charge in [-0.25, -0.2) is 15.6 Å². The smallest absolute Gasteiger partial charge is 0.508 e. The van der Waals surface area contributed by atoms with Gasteiger partial charge in [-0.05, 0) is 54.7 Å². The van der Waals surface area contributed by atoms with Crippen molar-refractivity contribution in [2.45, 2.75) is 31.2 Å². The number of nitrogens with one attached hydrogen (secondary N) is 1. The molecule has 0 unspecified atom stereocenters. The molecular formula is C29H28F3N5O9. The summed E-state index contributed by atoms with van der Waals surface area (Å²) in [5, 5.41) is 47.8. The fourth-order valence-electron chi connectivity index (χ4n) is 6.27. The van der Waals surface area contributed by atoms with Crippen molar-refractivity contribution < 1.29 is 57.5 Å². The summed E-state index contributed by atoms with van der Waals surface area (Å²) in [5.74, 6) is -2.56. The van der Waals surface area contributed by atoms with E-state index in [1.165, 1.54) is 6.07 Å². The van der Waals surface area contributed by atoms with Crippen LogP contribution in [0.1, 0.15) is 24.0 Å². The number of amides is 3. The number of aliphatic hydroxyl groups excluding tert-OH is 2. The molecule has 0 radical (unpaired) electrons. The van der Waals surface area contributed by atoms with Gasteiger partial charge in [0.05, 0.1) is 5.56 Å². The predicted octanol–water partition coefficient (Wildman–Crippen LogP) is 2.30. The van der Waals surface area contributed by atoms with Crippen molar-refractivity contribution in [1.29, 1.82) is 0 Å². The Labute approximate surface area is 257 Å². The summed E-state index contributed by atoms with van der Waals surface area (Å²) in [6, 6.07) is 4.40. The first kappa shape index (κ1) is 32.1. The molecule has 3 aliphatic rings. The van der Waals surface area contributed by atoms with Crippen molar-refractivity contribution in [2.75, 3.05) is 29.3 Å². The van der Waals surface area contributed by atoms with E-state index in [0.717, 1.165) is 24.3 Å². The minimum absolute atomic E-state index is 0.0119. The normalized spacial score (nSPS) is 22.5. The van der Waals surface area contributed by atoms with E-state index < -0.39 is 82.3 Å². The van der Waals surface area contributed by atoms with Crippen LogP contribution in [-0.4, -0.2) is 70.0 Å². The van der Waals surface area contributed by atoms with Crippen molar-refractivity contribution >= 4 is 46.3 Å². The second kappa shape index (κ2) is 11.0. The summed E-state index contributed by atoms with van der Waals surface area (Å²) in [7, 11) is 3.24. The van der Waals surface area contributed by atoms with Crippen LogP contribution in [-0.2, 0) is 20.8 Å². The van der Waals surface area contributed by atoms with Gasteiger partial charge in [-0.1, -0.05) is 0 Å². The lowest BCUT2D eigenvalue weighted by atomic mass is 9.59. The number of primary amides is 1. The highest BCUT2D eigenvalue weighted by Crippen LogP contribution is 2.54. The minimum atomic E-state index is -4.92. The Bertz CT molecular complexity index is 1750. The highest BCUT2D eigenvalue weighted by molar-refractivity contribution is 6.23. The SMILES string of the molecule is CN(C)c1cc(N(N)C(=O)Nc2ccc(OC(F)(F)F)cc2)c(O)c2c1C[C@H]1C[C@H]3CC(=O)C(C(N)=O)=C(O)[C@@]3(O)C(=O)C1=C2O. The van der Waals surface area contributed by atoms with Crippen LogP contribution in [0.2, 0.25) is 0 Å². The number of phenolic OH excluding ortho intramolecular Hbond substituents is 1. The topological polar surface area (TPSA) is 229 Å². The fourth-order valence-corrected chi connectivity index (χ4v) is 6.27. The number of nitrogens with zero attached hydrogens (tertiary/aromatic N) is 2. The van der Waals surface area contributed by atoms with E-state index in [2.05, 4.69) is 10.1 Å². The summed E-state index contributed by atoms with van der Waals surface area (Å²) in [6.45, 7) is 0. The Hall–Kier alpha value is -5.29. The standard InChI is InChI=1S/C29H28F3N5O9/c1-36(2)16-10-17(37(34)27(44)35-13-3-5-14(6-4-13)46-29(30,31)32)22(39)20-15(16)8-11-7-12-9-18(38)21(26(33)43)25(42)28(12,45)24(41)19(11)23(20)40/h3-6,10-12,39-40,42,45H,7-9,34H2,1-2H3,(H2,33,43)(H,35,44)/t11-,12+,28+/m1/s1. The van der Waals surface area contributed by atoms with Gasteiger partial charge in [-0.15, -0.1) is 13.2 Å². The van der Waals surface area contributed by atoms with E-state index in [-0.39, 0.29) is 35.4 Å². The number of Topliss-reactive ketones (excluding diaryl/α,β-unsaturated/α-hetero) is 2. The average molecular weight is 648 g/mol. The summed E-state index contributed by atoms with van der Waals surface area (Å²) in [5.41, 5.74) is 1.20. The van der Waals surface area contributed by atoms with E-state index in [1.807, 2.05) is 0 Å². The van der Waals surface area contributed by atoms with Gasteiger partial charge in [0.1, 0.15) is 28.5 Å². The van der Waals surface area contributed by atoms with Crippen LogP contribution in [0.25, 0.3) is 5.76 Å². The number of anilines is 3. The van der Waals surface area contributed by atoms with Gasteiger partial charge in [0.15, 0.2) is 17.1 Å². The molecular weight excluding hydrogens is 619 g/mol. The number of urea groups is 1. The first-order chi connectivity index (χ1) is 21.4. The molecule has 0 saturated heterocycles. The van der Waals surface area contributed by atoms with Gasteiger partial charge in [0.25, 0.3) is 5.91 Å². The molecule has 2 aromatic carbocycles. The molecule has 5 rings (SSSR count). The molecule has 46 heavy (non-hydrogen) atoms. The molecule has 244 valence electrons. The Morgan fingerprint density at radius 3 is 2.26 bits per heavy atom. The Morgan fingerprint density at radius 1 is 1.07 bits per heavy atom. The molecule has 0 aliphatic heterocycles. The van der Waals surface area contributed by atoms with E-state index in [9.17, 15) is 52.8 Å². The molecule has 3 amide bonds. The summed E-state index contributed by atoms with van der Waals surface area (Å²) >= 11 is 0. The van der Waals surface area contributed by atoms with Crippen LogP contribution >= 0.6 is 0 Å². The number of phenols is 1. The number of carbonyl (C=O) groups excluding carboxylic acids is 4. The van der Waals surface area contributed by atoms with Gasteiger partial charge >= 0.3 is 12.4 Å². The quantitative estimate of drug-likeness (QED) is 0.108. The van der Waals surface area contributed by atoms with Gasteiger partial charge < -0.3 is 41.1 Å². The maximum atomic E-state index is 13.8. The van der Waals surface area contributed by atoms with Gasteiger partial charge in [-0.2, -0.15) is 0 Å². The maximum Gasteiger partial charge on any atom is 0.573 e. The van der Waals surface area contributed by atoms with Gasteiger partial charge in [-0.3, -0.25) is 14.4 Å². The number of halogens is 3. The lowest BCUT2D eigenvalue weighted by molar-refractivity contribution is -0.274. The molecule has 3 aliphatic carbocycles. The number of rotatable bonds is 5. The fraction of sp³-hybridized carbons (Fsp3) is 0.310. The van der Waals surface area contributed by atoms with E-state index in [0.29, 0.717) is 16.3 Å². The number of ether oxygens (including phenoxy) is 1. The molecule has 0 bridgehead atoms. The lowest BCUT2D eigenvalue weighted by Gasteiger charge is -2.46. The average Bonchev–Trinajstić information content (AvgIpc) is 2.94. The molecule has 0 spiro atoms. The van der Waals surface area contributed by atoms with Crippen LogP contribution < -0.4 is 31.5 Å². The number of nitrogens with two attached hydrogens (primary N) is 2. The number of hydrogen-bond donors (Lipinski definition) is 7. The van der Waals surface area contributed by atoms with Crippen LogP contribution in [0.3, 0.4) is 0 Å². The van der Waals surface area contributed by atoms with E-state index in [1.54, 1.807) is 19.0 Å². The molecule has 9 N–H and O–H groups in total. The number of fused-ring (bicyclic) bond motifs is 3. The van der Waals surface area contributed by atoms with Crippen molar-refractivity contribution in [2.24, 2.45) is 23.4 Å². The summed E-state index contributed by atoms with van der Waals surface area (Å²) in [4.78, 5) is 52.8. The van der Waals surface area contributed by atoms with Gasteiger partial charge in [0.2, 0.25) is 5.78 Å². The number of hydrazine groups is 1. The van der Waals surface area contributed by atoms with Crippen LogP contribution in [0.15, 0.2) is 47.2 Å². The van der Waals surface area contributed by atoms with Crippen LogP contribution in [0.4, 0.5) is 35.0 Å². The molecule has 0 heterocycles. The highest BCUT2D eigenvalue weighted by Gasteiger charge is 2.60. The van der Waals surface area contributed by atoms with E-state index in [4.69, 9.17) is 11.6 Å². The maximum absolute atomic E-state index is 13.8. The second-order valence-electron chi connectivity index (χ2n) is 11.3. The number of hydrogen-bond acceptors (Lipinski definition) is 11. The van der Waals surface area contributed by atoms with Crippen molar-refractivity contribution in [1.82, 2.24) is 0 Å². The van der Waals surface area contributed by atoms with Crippen LogP contribution in [0, 0.1) is 11.8 Å². The summed E-state index contributed by atoms with van der Waals surface area (Å²) < 4.78 is 41.2. The zero-order valence-electron chi connectivity index (χ0n) is 24.2. The predicted molar refractivity (Wildman–Crippen MR) is 155 cm³/mol. The monoisotopic (exact) mass is 647 g/mol. The van der Waals surface area contributed by atoms with Gasteiger partial charge in [0, 0.05) is 43.4 Å². The Kier molecular flexibility index (Phi) is 7.65. The molecule has 3 atom stereocenters. The minimum Gasteiger partial charge on any atom is -0.508 e. The Balaban J connectivity index is 1.55. The third kappa shape index (κ3) is 5.12.